The van der Waals surface area contributed by atoms with Crippen LogP contribution in [0.3, 0.4) is 0 Å². The number of nitrogens with zero attached hydrogens (tertiary/aromatic N) is 1. The van der Waals surface area contributed by atoms with Crippen molar-refractivity contribution < 1.29 is 13.2 Å². The average molecular weight is 394 g/mol. The summed E-state index contributed by atoms with van der Waals surface area (Å²) in [6, 6.07) is 7.78. The van der Waals surface area contributed by atoms with Crippen molar-refractivity contribution in [1.29, 1.82) is 0 Å². The fourth-order valence-corrected chi connectivity index (χ4v) is 5.56. The quantitative estimate of drug-likeness (QED) is 0.800. The van der Waals surface area contributed by atoms with Crippen LogP contribution in [-0.2, 0) is 21.2 Å². The molecule has 2 aliphatic heterocycles. The van der Waals surface area contributed by atoms with E-state index in [-0.39, 0.29) is 0 Å². The van der Waals surface area contributed by atoms with Gasteiger partial charge < -0.3 is 10.6 Å². The van der Waals surface area contributed by atoms with Crippen LogP contribution in [0.2, 0.25) is 0 Å². The second-order valence-corrected chi connectivity index (χ2v) is 10.5. The highest BCUT2D eigenvalue weighted by atomic mass is 32.2. The summed E-state index contributed by atoms with van der Waals surface area (Å²) in [6.45, 7) is 6.54. The van der Waals surface area contributed by atoms with Gasteiger partial charge in [0.1, 0.15) is 0 Å². The molecule has 0 saturated carbocycles. The second kappa shape index (κ2) is 8.29. The highest BCUT2D eigenvalue weighted by molar-refractivity contribution is 7.92. The molecule has 2 saturated heterocycles. The van der Waals surface area contributed by atoms with Gasteiger partial charge >= 0.3 is 0 Å². The minimum atomic E-state index is -3.50. The molecule has 3 rings (SSSR count). The third-order valence-corrected chi connectivity index (χ3v) is 7.91. The lowest BCUT2D eigenvalue weighted by Gasteiger charge is -2.34. The topological polar surface area (TPSA) is 78.5 Å². The number of carbonyl (C=O) groups is 1. The lowest BCUT2D eigenvalue weighted by Crippen LogP contribution is -2.55. The highest BCUT2D eigenvalue weighted by Gasteiger charge is 2.48. The average Bonchev–Trinajstić information content (AvgIpc) is 2.63. The number of nitrogens with one attached hydrogen (secondary N) is 2. The Kier molecular flexibility index (Phi) is 6.23. The molecule has 6 nitrogen and oxygen atoms in total. The molecule has 1 atom stereocenters. The second-order valence-electron chi connectivity index (χ2n) is 8.15. The van der Waals surface area contributed by atoms with Gasteiger partial charge in [-0.1, -0.05) is 19.1 Å². The molecule has 2 heterocycles. The van der Waals surface area contributed by atoms with Crippen molar-refractivity contribution in [3.05, 3.63) is 29.8 Å². The first kappa shape index (κ1) is 20.3. The number of rotatable bonds is 5. The Hall–Kier alpha value is -1.44. The van der Waals surface area contributed by atoms with Crippen molar-refractivity contribution in [1.82, 2.24) is 10.2 Å². The van der Waals surface area contributed by atoms with E-state index in [1.165, 1.54) is 24.7 Å². The molecule has 0 spiro atoms. The third-order valence-electron chi connectivity index (χ3n) is 5.89. The van der Waals surface area contributed by atoms with Crippen LogP contribution < -0.4 is 10.6 Å². The van der Waals surface area contributed by atoms with Gasteiger partial charge in [-0.25, -0.2) is 8.42 Å². The minimum absolute atomic E-state index is 0.308. The smallest absolute Gasteiger partial charge is 0.245 e. The van der Waals surface area contributed by atoms with E-state index in [0.29, 0.717) is 31.6 Å². The molecule has 2 N–H and O–H groups in total. The molecule has 1 aromatic carbocycles. The number of amides is 1. The van der Waals surface area contributed by atoms with Crippen LogP contribution in [0.15, 0.2) is 24.3 Å². The standard InChI is InChI=1S/C20H31N3O3S/c1-16-4-3-13-23(14-16)15-17-5-7-18(8-6-17)22-19(24)20(27(2,25)26)9-11-21-12-10-20/h5-8,16,21H,3-4,9-15H2,1-2H3,(H,22,24). The van der Waals surface area contributed by atoms with E-state index in [0.717, 1.165) is 25.6 Å². The molecular weight excluding hydrogens is 362 g/mol. The van der Waals surface area contributed by atoms with E-state index in [4.69, 9.17) is 0 Å². The van der Waals surface area contributed by atoms with Crippen molar-refractivity contribution in [3.63, 3.8) is 0 Å². The Morgan fingerprint density at radius 3 is 2.52 bits per heavy atom. The van der Waals surface area contributed by atoms with Crippen LogP contribution in [0.5, 0.6) is 0 Å². The molecule has 1 amide bonds. The zero-order valence-corrected chi connectivity index (χ0v) is 17.1. The van der Waals surface area contributed by atoms with Gasteiger partial charge in [0.25, 0.3) is 0 Å². The Morgan fingerprint density at radius 1 is 1.26 bits per heavy atom. The molecule has 0 aliphatic carbocycles. The fraction of sp³-hybridized carbons (Fsp3) is 0.650. The molecule has 1 unspecified atom stereocenters. The zero-order chi connectivity index (χ0) is 19.5. The minimum Gasteiger partial charge on any atom is -0.325 e. The number of benzene rings is 1. The van der Waals surface area contributed by atoms with Gasteiger partial charge in [0.2, 0.25) is 5.91 Å². The summed E-state index contributed by atoms with van der Waals surface area (Å²) >= 11 is 0. The van der Waals surface area contributed by atoms with Crippen LogP contribution in [0, 0.1) is 5.92 Å². The third kappa shape index (κ3) is 4.70. The van der Waals surface area contributed by atoms with Crippen LogP contribution >= 0.6 is 0 Å². The molecule has 27 heavy (non-hydrogen) atoms. The number of hydrogen-bond acceptors (Lipinski definition) is 5. The first-order valence-corrected chi connectivity index (χ1v) is 11.7. The number of anilines is 1. The van der Waals surface area contributed by atoms with Gasteiger partial charge in [0.15, 0.2) is 14.6 Å². The molecule has 150 valence electrons. The van der Waals surface area contributed by atoms with Crippen LogP contribution in [0.1, 0.15) is 38.2 Å². The van der Waals surface area contributed by atoms with Crippen molar-refractivity contribution in [2.75, 3.05) is 37.8 Å². The first-order chi connectivity index (χ1) is 12.8. The highest BCUT2D eigenvalue weighted by Crippen LogP contribution is 2.29. The summed E-state index contributed by atoms with van der Waals surface area (Å²) < 4.78 is 23.4. The van der Waals surface area contributed by atoms with E-state index < -0.39 is 20.5 Å². The van der Waals surface area contributed by atoms with Crippen molar-refractivity contribution in [3.8, 4) is 0 Å². The Morgan fingerprint density at radius 2 is 1.93 bits per heavy atom. The lowest BCUT2D eigenvalue weighted by molar-refractivity contribution is -0.119. The predicted octanol–water partition coefficient (Wildman–Crippen LogP) is 2.02. The van der Waals surface area contributed by atoms with E-state index in [1.54, 1.807) is 0 Å². The summed E-state index contributed by atoms with van der Waals surface area (Å²) in [5.74, 6) is 0.332. The van der Waals surface area contributed by atoms with Crippen molar-refractivity contribution in [2.45, 2.75) is 43.9 Å². The first-order valence-electron chi connectivity index (χ1n) is 9.83. The van der Waals surface area contributed by atoms with Crippen LogP contribution in [-0.4, -0.2) is 56.4 Å². The number of hydrogen-bond donors (Lipinski definition) is 2. The van der Waals surface area contributed by atoms with E-state index in [2.05, 4.69) is 22.5 Å². The number of carbonyl (C=O) groups excluding carboxylic acids is 1. The maximum atomic E-state index is 12.8. The summed E-state index contributed by atoms with van der Waals surface area (Å²) in [5.41, 5.74) is 1.86. The molecule has 2 fully saturated rings. The Bertz CT molecular complexity index is 755. The van der Waals surface area contributed by atoms with Crippen LogP contribution in [0.4, 0.5) is 5.69 Å². The van der Waals surface area contributed by atoms with Gasteiger partial charge in [-0.05, 0) is 68.9 Å². The van der Waals surface area contributed by atoms with Gasteiger partial charge in [0.05, 0.1) is 0 Å². The SMILES string of the molecule is CC1CCCN(Cc2ccc(NC(=O)C3(S(C)(=O)=O)CCNCC3)cc2)C1. The van der Waals surface area contributed by atoms with Gasteiger partial charge in [-0.15, -0.1) is 0 Å². The normalized spacial score (nSPS) is 23.7. The van der Waals surface area contributed by atoms with Gasteiger partial charge in [-0.2, -0.15) is 0 Å². The van der Waals surface area contributed by atoms with Gasteiger partial charge in [0, 0.05) is 25.0 Å². The molecule has 1 aromatic rings. The Balaban J connectivity index is 1.65. The molecule has 0 aromatic heterocycles. The number of likely N-dealkylation sites (tertiary alicyclic amines) is 1. The fourth-order valence-electron chi connectivity index (χ4n) is 4.22. The van der Waals surface area contributed by atoms with E-state index in [9.17, 15) is 13.2 Å². The summed E-state index contributed by atoms with van der Waals surface area (Å²) in [6.07, 6.45) is 4.34. The van der Waals surface area contributed by atoms with Crippen molar-refractivity contribution in [2.24, 2.45) is 5.92 Å². The summed E-state index contributed by atoms with van der Waals surface area (Å²) in [5, 5.41) is 5.97. The maximum Gasteiger partial charge on any atom is 0.245 e. The van der Waals surface area contributed by atoms with Crippen LogP contribution in [0.25, 0.3) is 0 Å². The largest absolute Gasteiger partial charge is 0.325 e. The Labute approximate surface area is 162 Å². The zero-order valence-electron chi connectivity index (χ0n) is 16.3. The summed E-state index contributed by atoms with van der Waals surface area (Å²) in [7, 11) is -3.50. The molecule has 0 bridgehead atoms. The molecule has 7 heteroatoms. The summed E-state index contributed by atoms with van der Waals surface area (Å²) in [4.78, 5) is 15.3. The van der Waals surface area contributed by atoms with Crippen molar-refractivity contribution >= 4 is 21.4 Å². The molecule has 2 aliphatic rings. The molecule has 0 radical (unpaired) electrons. The monoisotopic (exact) mass is 393 g/mol. The predicted molar refractivity (Wildman–Crippen MR) is 108 cm³/mol. The number of piperidine rings is 2. The molecular formula is C20H31N3O3S. The lowest BCUT2D eigenvalue weighted by atomic mass is 9.95. The van der Waals surface area contributed by atoms with E-state index in [1.807, 2.05) is 24.3 Å². The number of sulfone groups is 1. The van der Waals surface area contributed by atoms with E-state index >= 15 is 0 Å². The maximum absolute atomic E-state index is 12.8. The van der Waals surface area contributed by atoms with Gasteiger partial charge in [-0.3, -0.25) is 9.69 Å².